The molecule has 1 saturated carbocycles. The third kappa shape index (κ3) is 2.62. The van der Waals surface area contributed by atoms with E-state index >= 15 is 0 Å². The molecule has 1 fully saturated rings. The minimum absolute atomic E-state index is 0.546. The Morgan fingerprint density at radius 3 is 2.67 bits per heavy atom. The maximum Gasteiger partial charge on any atom is 0.131 e. The van der Waals surface area contributed by atoms with Crippen molar-refractivity contribution in [3.63, 3.8) is 0 Å². The van der Waals surface area contributed by atoms with Crippen LogP contribution in [0.25, 0.3) is 11.3 Å². The highest BCUT2D eigenvalue weighted by Gasteiger charge is 2.31. The van der Waals surface area contributed by atoms with Gasteiger partial charge in [0, 0.05) is 18.0 Å². The van der Waals surface area contributed by atoms with Crippen molar-refractivity contribution in [2.45, 2.75) is 39.2 Å². The quantitative estimate of drug-likeness (QED) is 0.911. The number of nitrogen functional groups attached to an aromatic ring is 1. The molecule has 0 aliphatic heterocycles. The normalized spacial score (nSPS) is 14.7. The van der Waals surface area contributed by atoms with Gasteiger partial charge in [-0.2, -0.15) is 0 Å². The van der Waals surface area contributed by atoms with E-state index in [9.17, 15) is 0 Å². The van der Waals surface area contributed by atoms with Gasteiger partial charge in [0.2, 0.25) is 0 Å². The van der Waals surface area contributed by atoms with Crippen LogP contribution >= 0.6 is 0 Å². The predicted molar refractivity (Wildman–Crippen MR) is 85.4 cm³/mol. The van der Waals surface area contributed by atoms with E-state index in [4.69, 9.17) is 15.5 Å². The van der Waals surface area contributed by atoms with Crippen LogP contribution < -0.4 is 10.5 Å². The van der Waals surface area contributed by atoms with E-state index in [1.165, 1.54) is 12.8 Å². The van der Waals surface area contributed by atoms with Crippen LogP contribution in [0.15, 0.2) is 24.3 Å². The summed E-state index contributed by atoms with van der Waals surface area (Å²) in [6.07, 6.45) is 2.44. The Labute approximate surface area is 125 Å². The van der Waals surface area contributed by atoms with Crippen LogP contribution in [0.4, 0.5) is 5.82 Å². The summed E-state index contributed by atoms with van der Waals surface area (Å²) in [6, 6.07) is 7.93. The lowest BCUT2D eigenvalue weighted by Crippen LogP contribution is -2.11. The van der Waals surface area contributed by atoms with Gasteiger partial charge < -0.3 is 15.0 Å². The van der Waals surface area contributed by atoms with Crippen LogP contribution in [0, 0.1) is 5.92 Å². The number of ether oxygens (including phenoxy) is 1. The molecule has 0 bridgehead atoms. The highest BCUT2D eigenvalue weighted by molar-refractivity contribution is 5.76. The summed E-state index contributed by atoms with van der Waals surface area (Å²) in [5, 5.41) is 0. The molecule has 2 aromatic rings. The SMILES string of the molecule is COc1ccccc1-c1nc(C2CC2)n(CC(C)C)c1N. The minimum Gasteiger partial charge on any atom is -0.496 e. The van der Waals surface area contributed by atoms with Gasteiger partial charge in [0.05, 0.1) is 7.11 Å². The summed E-state index contributed by atoms with van der Waals surface area (Å²) < 4.78 is 7.65. The Kier molecular flexibility index (Phi) is 3.62. The first kappa shape index (κ1) is 14.0. The largest absolute Gasteiger partial charge is 0.496 e. The molecule has 0 unspecified atom stereocenters. The number of methoxy groups -OCH3 is 1. The molecule has 1 aliphatic carbocycles. The summed E-state index contributed by atoms with van der Waals surface area (Å²) in [5.41, 5.74) is 8.25. The third-order valence-corrected chi connectivity index (χ3v) is 3.89. The van der Waals surface area contributed by atoms with Crippen molar-refractivity contribution in [3.8, 4) is 17.0 Å². The monoisotopic (exact) mass is 285 g/mol. The number of aromatic nitrogens is 2. The van der Waals surface area contributed by atoms with Crippen molar-refractivity contribution in [1.82, 2.24) is 9.55 Å². The summed E-state index contributed by atoms with van der Waals surface area (Å²) in [6.45, 7) is 5.33. The van der Waals surface area contributed by atoms with E-state index in [0.717, 1.165) is 35.2 Å². The zero-order chi connectivity index (χ0) is 15.0. The van der Waals surface area contributed by atoms with Gasteiger partial charge in [-0.25, -0.2) is 4.98 Å². The van der Waals surface area contributed by atoms with Crippen molar-refractivity contribution in [2.24, 2.45) is 5.92 Å². The molecule has 0 spiro atoms. The molecular weight excluding hydrogens is 262 g/mol. The average molecular weight is 285 g/mol. The van der Waals surface area contributed by atoms with Crippen molar-refractivity contribution >= 4 is 5.82 Å². The number of para-hydroxylation sites is 1. The number of anilines is 1. The van der Waals surface area contributed by atoms with Crippen molar-refractivity contribution in [2.75, 3.05) is 12.8 Å². The Balaban J connectivity index is 2.10. The molecule has 21 heavy (non-hydrogen) atoms. The third-order valence-electron chi connectivity index (χ3n) is 3.89. The van der Waals surface area contributed by atoms with Crippen molar-refractivity contribution < 1.29 is 4.74 Å². The second kappa shape index (κ2) is 5.43. The van der Waals surface area contributed by atoms with Gasteiger partial charge in [-0.1, -0.05) is 26.0 Å². The molecule has 4 heteroatoms. The van der Waals surface area contributed by atoms with Crippen LogP contribution in [-0.4, -0.2) is 16.7 Å². The Morgan fingerprint density at radius 1 is 1.33 bits per heavy atom. The molecule has 112 valence electrons. The molecule has 1 aromatic carbocycles. The zero-order valence-electron chi connectivity index (χ0n) is 13.0. The Hall–Kier alpha value is -1.97. The lowest BCUT2D eigenvalue weighted by Gasteiger charge is -2.12. The van der Waals surface area contributed by atoms with Gasteiger partial charge in [-0.05, 0) is 30.9 Å². The molecule has 4 nitrogen and oxygen atoms in total. The first-order valence-corrected chi connectivity index (χ1v) is 7.61. The topological polar surface area (TPSA) is 53.1 Å². The number of rotatable bonds is 5. The second-order valence-electron chi connectivity index (χ2n) is 6.18. The number of hydrogen-bond acceptors (Lipinski definition) is 3. The van der Waals surface area contributed by atoms with Crippen LogP contribution in [0.3, 0.4) is 0 Å². The fourth-order valence-corrected chi connectivity index (χ4v) is 2.73. The molecule has 0 amide bonds. The van der Waals surface area contributed by atoms with E-state index < -0.39 is 0 Å². The molecule has 1 aliphatic rings. The first-order chi connectivity index (χ1) is 10.1. The van der Waals surface area contributed by atoms with E-state index in [1.54, 1.807) is 7.11 Å². The van der Waals surface area contributed by atoms with E-state index in [1.807, 2.05) is 24.3 Å². The summed E-state index contributed by atoms with van der Waals surface area (Å²) >= 11 is 0. The van der Waals surface area contributed by atoms with Crippen LogP contribution in [0.1, 0.15) is 38.4 Å². The lowest BCUT2D eigenvalue weighted by molar-refractivity contribution is 0.416. The molecule has 2 N–H and O–H groups in total. The van der Waals surface area contributed by atoms with E-state index in [0.29, 0.717) is 11.8 Å². The molecule has 3 rings (SSSR count). The summed E-state index contributed by atoms with van der Waals surface area (Å²) in [5.74, 6) is 3.84. The summed E-state index contributed by atoms with van der Waals surface area (Å²) in [4.78, 5) is 4.86. The molecule has 0 atom stereocenters. The van der Waals surface area contributed by atoms with Gasteiger partial charge in [0.25, 0.3) is 0 Å². The smallest absolute Gasteiger partial charge is 0.131 e. The maximum atomic E-state index is 6.42. The predicted octanol–water partition coefficient (Wildman–Crippen LogP) is 3.67. The van der Waals surface area contributed by atoms with E-state index in [-0.39, 0.29) is 0 Å². The van der Waals surface area contributed by atoms with Crippen LogP contribution in [-0.2, 0) is 6.54 Å². The number of hydrogen-bond donors (Lipinski definition) is 1. The van der Waals surface area contributed by atoms with Crippen LogP contribution in [0.5, 0.6) is 5.75 Å². The molecular formula is C17H23N3O. The molecule has 1 heterocycles. The Morgan fingerprint density at radius 2 is 2.05 bits per heavy atom. The average Bonchev–Trinajstić information content (AvgIpc) is 3.26. The Bertz CT molecular complexity index is 641. The van der Waals surface area contributed by atoms with Gasteiger partial charge in [-0.3, -0.25) is 0 Å². The minimum atomic E-state index is 0.546. The second-order valence-corrected chi connectivity index (χ2v) is 6.18. The van der Waals surface area contributed by atoms with Crippen LogP contribution in [0.2, 0.25) is 0 Å². The standard InChI is InChI=1S/C17H23N3O/c1-11(2)10-20-16(18)15(19-17(20)12-8-9-12)13-6-4-5-7-14(13)21-3/h4-7,11-12H,8-10,18H2,1-3H3. The highest BCUT2D eigenvalue weighted by atomic mass is 16.5. The number of imidazole rings is 1. The number of nitrogens with two attached hydrogens (primary N) is 1. The fraction of sp³-hybridized carbons (Fsp3) is 0.471. The van der Waals surface area contributed by atoms with Gasteiger partial charge in [0.1, 0.15) is 23.1 Å². The number of benzene rings is 1. The van der Waals surface area contributed by atoms with Gasteiger partial charge >= 0.3 is 0 Å². The molecule has 0 saturated heterocycles. The highest BCUT2D eigenvalue weighted by Crippen LogP contribution is 2.43. The van der Waals surface area contributed by atoms with Gasteiger partial charge in [0.15, 0.2) is 0 Å². The van der Waals surface area contributed by atoms with Gasteiger partial charge in [-0.15, -0.1) is 0 Å². The lowest BCUT2D eigenvalue weighted by atomic mass is 10.1. The fourth-order valence-electron chi connectivity index (χ4n) is 2.73. The molecule has 1 aromatic heterocycles. The van der Waals surface area contributed by atoms with Crippen molar-refractivity contribution in [1.29, 1.82) is 0 Å². The number of nitrogens with zero attached hydrogens (tertiary/aromatic N) is 2. The van der Waals surface area contributed by atoms with E-state index in [2.05, 4.69) is 18.4 Å². The first-order valence-electron chi connectivity index (χ1n) is 7.61. The molecule has 0 radical (unpaired) electrons. The summed E-state index contributed by atoms with van der Waals surface area (Å²) in [7, 11) is 1.68. The maximum absolute atomic E-state index is 6.42. The zero-order valence-corrected chi connectivity index (χ0v) is 13.0. The van der Waals surface area contributed by atoms with Crippen molar-refractivity contribution in [3.05, 3.63) is 30.1 Å².